The van der Waals surface area contributed by atoms with Crippen LogP contribution in [-0.4, -0.2) is 33.2 Å². The van der Waals surface area contributed by atoms with Crippen LogP contribution >= 0.6 is 11.3 Å². The Labute approximate surface area is 134 Å². The van der Waals surface area contributed by atoms with Gasteiger partial charge in [0.1, 0.15) is 5.69 Å². The van der Waals surface area contributed by atoms with Gasteiger partial charge in [-0.2, -0.15) is 0 Å². The Morgan fingerprint density at radius 1 is 1.50 bits per heavy atom. The molecular weight excluding hydrogens is 298 g/mol. The number of carbonyl (C=O) groups is 1. The molecule has 1 aliphatic heterocycles. The van der Waals surface area contributed by atoms with E-state index in [1.165, 1.54) is 19.3 Å². The standard InChI is InChI=1S/C16H21N3O2S/c1-11-7-14(15(20)21)18(8-11)9-13-10-22-16(17-13)19-6-4-3-5-12(19)2/h7-8,10,12H,3-6,9H2,1-2H3,(H,20,21). The summed E-state index contributed by atoms with van der Waals surface area (Å²) in [5.74, 6) is -0.895. The van der Waals surface area contributed by atoms with Crippen molar-refractivity contribution in [1.29, 1.82) is 0 Å². The Hall–Kier alpha value is -1.82. The van der Waals surface area contributed by atoms with Gasteiger partial charge in [0, 0.05) is 24.2 Å². The molecule has 0 bridgehead atoms. The van der Waals surface area contributed by atoms with E-state index in [9.17, 15) is 9.90 Å². The van der Waals surface area contributed by atoms with Crippen molar-refractivity contribution in [3.05, 3.63) is 34.6 Å². The minimum Gasteiger partial charge on any atom is -0.477 e. The summed E-state index contributed by atoms with van der Waals surface area (Å²) in [7, 11) is 0. The number of rotatable bonds is 4. The Balaban J connectivity index is 1.78. The molecule has 6 heteroatoms. The predicted molar refractivity (Wildman–Crippen MR) is 88.0 cm³/mol. The summed E-state index contributed by atoms with van der Waals surface area (Å²) in [4.78, 5) is 18.4. The maximum Gasteiger partial charge on any atom is 0.352 e. The van der Waals surface area contributed by atoms with E-state index in [2.05, 4.69) is 11.8 Å². The Kier molecular flexibility index (Phi) is 4.20. The van der Waals surface area contributed by atoms with Crippen LogP contribution in [0.15, 0.2) is 17.6 Å². The number of hydrogen-bond donors (Lipinski definition) is 1. The van der Waals surface area contributed by atoms with Crippen LogP contribution in [0.2, 0.25) is 0 Å². The van der Waals surface area contributed by atoms with E-state index in [-0.39, 0.29) is 0 Å². The molecule has 1 N–H and O–H groups in total. The van der Waals surface area contributed by atoms with Gasteiger partial charge in [0.05, 0.1) is 12.2 Å². The average molecular weight is 319 g/mol. The van der Waals surface area contributed by atoms with Crippen molar-refractivity contribution in [3.63, 3.8) is 0 Å². The maximum atomic E-state index is 11.3. The summed E-state index contributed by atoms with van der Waals surface area (Å²) in [5.41, 5.74) is 2.20. The second-order valence-electron chi connectivity index (χ2n) is 6.00. The molecule has 0 radical (unpaired) electrons. The summed E-state index contributed by atoms with van der Waals surface area (Å²) in [5, 5.41) is 12.4. The number of aromatic nitrogens is 2. The van der Waals surface area contributed by atoms with Crippen molar-refractivity contribution in [2.75, 3.05) is 11.4 Å². The zero-order valence-corrected chi connectivity index (χ0v) is 13.8. The minimum absolute atomic E-state index is 0.318. The van der Waals surface area contributed by atoms with Crippen LogP contribution in [0.25, 0.3) is 0 Å². The highest BCUT2D eigenvalue weighted by atomic mass is 32.1. The normalized spacial score (nSPS) is 18.6. The van der Waals surface area contributed by atoms with Crippen molar-refractivity contribution >= 4 is 22.4 Å². The lowest BCUT2D eigenvalue weighted by Crippen LogP contribution is -2.37. The van der Waals surface area contributed by atoms with E-state index in [0.717, 1.165) is 22.9 Å². The van der Waals surface area contributed by atoms with Crippen molar-refractivity contribution in [2.45, 2.75) is 45.7 Å². The first-order valence-corrected chi connectivity index (χ1v) is 8.53. The van der Waals surface area contributed by atoms with Gasteiger partial charge in [0.25, 0.3) is 0 Å². The van der Waals surface area contributed by atoms with Crippen LogP contribution < -0.4 is 4.90 Å². The minimum atomic E-state index is -0.895. The molecule has 1 atom stereocenters. The molecule has 0 saturated carbocycles. The van der Waals surface area contributed by atoms with E-state index in [1.54, 1.807) is 22.0 Å². The highest BCUT2D eigenvalue weighted by Crippen LogP contribution is 2.28. The van der Waals surface area contributed by atoms with Crippen molar-refractivity contribution in [3.8, 4) is 0 Å². The van der Waals surface area contributed by atoms with Gasteiger partial charge in [0.2, 0.25) is 0 Å². The fourth-order valence-corrected chi connectivity index (χ4v) is 3.97. The van der Waals surface area contributed by atoms with Gasteiger partial charge >= 0.3 is 5.97 Å². The SMILES string of the molecule is Cc1cc(C(=O)O)n(Cc2csc(N3CCCCC3C)n2)c1. The van der Waals surface area contributed by atoms with Crippen molar-refractivity contribution < 1.29 is 9.90 Å². The molecule has 22 heavy (non-hydrogen) atoms. The first-order valence-electron chi connectivity index (χ1n) is 7.65. The molecule has 2 aromatic rings. The van der Waals surface area contributed by atoms with Crippen LogP contribution in [0, 0.1) is 6.92 Å². The first-order chi connectivity index (χ1) is 10.5. The lowest BCUT2D eigenvalue weighted by Gasteiger charge is -2.33. The van der Waals surface area contributed by atoms with Gasteiger partial charge in [0.15, 0.2) is 5.13 Å². The zero-order valence-electron chi connectivity index (χ0n) is 13.0. The van der Waals surface area contributed by atoms with Crippen LogP contribution in [0.5, 0.6) is 0 Å². The van der Waals surface area contributed by atoms with E-state index >= 15 is 0 Å². The van der Waals surface area contributed by atoms with Crippen LogP contribution in [0.4, 0.5) is 5.13 Å². The number of thiazole rings is 1. The van der Waals surface area contributed by atoms with Gasteiger partial charge in [-0.3, -0.25) is 0 Å². The number of hydrogen-bond acceptors (Lipinski definition) is 4. The molecule has 3 heterocycles. The highest BCUT2D eigenvalue weighted by molar-refractivity contribution is 7.13. The summed E-state index contributed by atoms with van der Waals surface area (Å²) in [6.45, 7) is 5.73. The monoisotopic (exact) mass is 319 g/mol. The highest BCUT2D eigenvalue weighted by Gasteiger charge is 2.21. The third-order valence-electron chi connectivity index (χ3n) is 4.17. The molecule has 0 amide bonds. The van der Waals surface area contributed by atoms with Crippen LogP contribution in [-0.2, 0) is 6.54 Å². The Bertz CT molecular complexity index is 677. The lowest BCUT2D eigenvalue weighted by atomic mass is 10.1. The molecule has 2 aromatic heterocycles. The predicted octanol–water partition coefficient (Wildman–Crippen LogP) is 3.38. The molecule has 3 rings (SSSR count). The van der Waals surface area contributed by atoms with Gasteiger partial charge in [-0.25, -0.2) is 9.78 Å². The fraction of sp³-hybridized carbons (Fsp3) is 0.500. The molecule has 1 fully saturated rings. The molecule has 1 saturated heterocycles. The number of anilines is 1. The smallest absolute Gasteiger partial charge is 0.352 e. The second-order valence-corrected chi connectivity index (χ2v) is 6.83. The largest absolute Gasteiger partial charge is 0.477 e. The second kappa shape index (κ2) is 6.12. The molecule has 0 spiro atoms. The Morgan fingerprint density at radius 3 is 3.05 bits per heavy atom. The number of carboxylic acid groups (broad SMARTS) is 1. The van der Waals surface area contributed by atoms with Gasteiger partial charge in [-0.05, 0) is 44.7 Å². The first kappa shape index (κ1) is 15.1. The third kappa shape index (κ3) is 3.02. The molecule has 0 aromatic carbocycles. The number of nitrogens with zero attached hydrogens (tertiary/aromatic N) is 3. The van der Waals surface area contributed by atoms with Crippen molar-refractivity contribution in [1.82, 2.24) is 9.55 Å². The number of aryl methyl sites for hydroxylation is 1. The number of piperidine rings is 1. The summed E-state index contributed by atoms with van der Waals surface area (Å²) in [6.07, 6.45) is 5.60. The topological polar surface area (TPSA) is 58.4 Å². The summed E-state index contributed by atoms with van der Waals surface area (Å²) in [6, 6.07) is 2.23. The molecule has 1 unspecified atom stereocenters. The summed E-state index contributed by atoms with van der Waals surface area (Å²) >= 11 is 1.65. The molecular formula is C16H21N3O2S. The quantitative estimate of drug-likeness (QED) is 0.938. The molecule has 0 aliphatic carbocycles. The van der Waals surface area contributed by atoms with Crippen LogP contribution in [0.3, 0.4) is 0 Å². The van der Waals surface area contributed by atoms with E-state index in [0.29, 0.717) is 18.3 Å². The van der Waals surface area contributed by atoms with E-state index in [1.807, 2.05) is 18.5 Å². The Morgan fingerprint density at radius 2 is 2.32 bits per heavy atom. The average Bonchev–Trinajstić information content (AvgIpc) is 3.07. The maximum absolute atomic E-state index is 11.3. The van der Waals surface area contributed by atoms with Gasteiger partial charge in [-0.15, -0.1) is 11.3 Å². The number of carboxylic acids is 1. The molecule has 5 nitrogen and oxygen atoms in total. The molecule has 118 valence electrons. The van der Waals surface area contributed by atoms with Crippen LogP contribution in [0.1, 0.15) is 47.9 Å². The number of aromatic carboxylic acids is 1. The fourth-order valence-electron chi connectivity index (χ4n) is 3.02. The van der Waals surface area contributed by atoms with E-state index in [4.69, 9.17) is 4.98 Å². The molecule has 1 aliphatic rings. The zero-order chi connectivity index (χ0) is 15.7. The summed E-state index contributed by atoms with van der Waals surface area (Å²) < 4.78 is 1.76. The van der Waals surface area contributed by atoms with Gasteiger partial charge in [-0.1, -0.05) is 0 Å². The third-order valence-corrected chi connectivity index (χ3v) is 5.10. The van der Waals surface area contributed by atoms with Crippen molar-refractivity contribution in [2.24, 2.45) is 0 Å². The lowest BCUT2D eigenvalue weighted by molar-refractivity contribution is 0.0685. The van der Waals surface area contributed by atoms with E-state index < -0.39 is 5.97 Å². The van der Waals surface area contributed by atoms with Gasteiger partial charge < -0.3 is 14.6 Å².